The summed E-state index contributed by atoms with van der Waals surface area (Å²) < 4.78 is 7.79. The summed E-state index contributed by atoms with van der Waals surface area (Å²) in [6, 6.07) is 4.03. The molecule has 0 spiro atoms. The summed E-state index contributed by atoms with van der Waals surface area (Å²) in [6.45, 7) is 2.63. The lowest BCUT2D eigenvalue weighted by atomic mass is 10.0. The van der Waals surface area contributed by atoms with Crippen molar-refractivity contribution in [3.63, 3.8) is 0 Å². The number of hydrogen-bond acceptors (Lipinski definition) is 4. The van der Waals surface area contributed by atoms with Crippen LogP contribution in [0.3, 0.4) is 0 Å². The monoisotopic (exact) mass is 334 g/mol. The molecule has 124 valence electrons. The van der Waals surface area contributed by atoms with E-state index in [1.54, 1.807) is 17.7 Å². The zero-order chi connectivity index (χ0) is 16.2. The van der Waals surface area contributed by atoms with Crippen molar-refractivity contribution < 1.29 is 9.53 Å². The lowest BCUT2D eigenvalue weighted by Gasteiger charge is -2.30. The molecule has 2 amide bonds. The Balaban J connectivity index is 1.53. The fraction of sp³-hybridized carbons (Fsp3) is 0.500. The zero-order valence-corrected chi connectivity index (χ0v) is 14.2. The molecule has 1 fully saturated rings. The standard InChI is InChI=1S/C16H22N4O2S/c1-11(15-4-3-7-23-15)18-16(21)19-12-5-6-22-14(8-12)13-9-17-10-20(13)2/h3-4,7,9-12,14H,5-6,8H2,1-2H3,(H2,18,19,21). The number of imidazole rings is 1. The van der Waals surface area contributed by atoms with E-state index in [4.69, 9.17) is 4.74 Å². The van der Waals surface area contributed by atoms with Gasteiger partial charge < -0.3 is 19.9 Å². The second-order valence-corrected chi connectivity index (χ2v) is 6.84. The Kier molecular flexibility index (Phi) is 4.97. The number of rotatable bonds is 4. The molecule has 2 aromatic heterocycles. The average molecular weight is 334 g/mol. The van der Waals surface area contributed by atoms with Crippen LogP contribution in [0.4, 0.5) is 4.79 Å². The Morgan fingerprint density at radius 2 is 2.43 bits per heavy atom. The first-order valence-electron chi connectivity index (χ1n) is 7.81. The van der Waals surface area contributed by atoms with Crippen LogP contribution in [0.25, 0.3) is 0 Å². The maximum absolute atomic E-state index is 12.2. The van der Waals surface area contributed by atoms with Crippen molar-refractivity contribution in [2.75, 3.05) is 6.61 Å². The van der Waals surface area contributed by atoms with Gasteiger partial charge in [0, 0.05) is 24.6 Å². The summed E-state index contributed by atoms with van der Waals surface area (Å²) in [5.74, 6) is 0. The number of hydrogen-bond donors (Lipinski definition) is 2. The Labute approximate surface area is 139 Å². The number of urea groups is 1. The fourth-order valence-electron chi connectivity index (χ4n) is 2.84. The van der Waals surface area contributed by atoms with E-state index in [0.29, 0.717) is 6.61 Å². The van der Waals surface area contributed by atoms with Gasteiger partial charge in [0.25, 0.3) is 0 Å². The van der Waals surface area contributed by atoms with Gasteiger partial charge in [-0.3, -0.25) is 0 Å². The predicted octanol–water partition coefficient (Wildman–Crippen LogP) is 2.76. The summed E-state index contributed by atoms with van der Waals surface area (Å²) in [6.07, 6.45) is 5.17. The Bertz CT molecular complexity index is 640. The van der Waals surface area contributed by atoms with Crippen LogP contribution < -0.4 is 10.6 Å². The summed E-state index contributed by atoms with van der Waals surface area (Å²) in [7, 11) is 1.96. The van der Waals surface area contributed by atoms with E-state index >= 15 is 0 Å². The summed E-state index contributed by atoms with van der Waals surface area (Å²) in [5.41, 5.74) is 1.05. The van der Waals surface area contributed by atoms with E-state index in [2.05, 4.69) is 15.6 Å². The Hall–Kier alpha value is -1.86. The van der Waals surface area contributed by atoms with Gasteiger partial charge in [-0.15, -0.1) is 11.3 Å². The van der Waals surface area contributed by atoms with Crippen molar-refractivity contribution in [2.24, 2.45) is 7.05 Å². The number of carbonyl (C=O) groups is 1. The largest absolute Gasteiger partial charge is 0.372 e. The third-order valence-corrected chi connectivity index (χ3v) is 5.18. The van der Waals surface area contributed by atoms with Crippen LogP contribution in [-0.4, -0.2) is 28.2 Å². The van der Waals surface area contributed by atoms with Crippen LogP contribution in [0.5, 0.6) is 0 Å². The van der Waals surface area contributed by atoms with Gasteiger partial charge in [0.1, 0.15) is 6.10 Å². The van der Waals surface area contributed by atoms with Gasteiger partial charge in [0.2, 0.25) is 0 Å². The molecule has 1 aliphatic heterocycles. The maximum Gasteiger partial charge on any atom is 0.315 e. The Morgan fingerprint density at radius 1 is 1.57 bits per heavy atom. The molecule has 3 heterocycles. The van der Waals surface area contributed by atoms with Gasteiger partial charge in [-0.05, 0) is 31.2 Å². The van der Waals surface area contributed by atoms with Gasteiger partial charge in [-0.25, -0.2) is 9.78 Å². The molecule has 0 aromatic carbocycles. The van der Waals surface area contributed by atoms with Crippen molar-refractivity contribution in [1.29, 1.82) is 0 Å². The molecular formula is C16H22N4O2S. The highest BCUT2D eigenvalue weighted by molar-refractivity contribution is 7.10. The molecule has 0 radical (unpaired) electrons. The third-order valence-electron chi connectivity index (χ3n) is 4.12. The van der Waals surface area contributed by atoms with Crippen molar-refractivity contribution in [1.82, 2.24) is 20.2 Å². The van der Waals surface area contributed by atoms with Crippen molar-refractivity contribution in [3.8, 4) is 0 Å². The van der Waals surface area contributed by atoms with Gasteiger partial charge in [-0.2, -0.15) is 0 Å². The fourth-order valence-corrected chi connectivity index (χ4v) is 3.58. The highest BCUT2D eigenvalue weighted by Crippen LogP contribution is 2.27. The molecule has 2 aromatic rings. The van der Waals surface area contributed by atoms with Crippen molar-refractivity contribution in [2.45, 2.75) is 38.0 Å². The number of aryl methyl sites for hydroxylation is 1. The smallest absolute Gasteiger partial charge is 0.315 e. The number of nitrogens with one attached hydrogen (secondary N) is 2. The van der Waals surface area contributed by atoms with E-state index in [9.17, 15) is 4.79 Å². The molecule has 3 atom stereocenters. The van der Waals surface area contributed by atoms with Crippen LogP contribution in [-0.2, 0) is 11.8 Å². The highest BCUT2D eigenvalue weighted by atomic mass is 32.1. The number of aromatic nitrogens is 2. The second-order valence-electron chi connectivity index (χ2n) is 5.87. The number of ether oxygens (including phenoxy) is 1. The summed E-state index contributed by atoms with van der Waals surface area (Å²) in [4.78, 5) is 17.5. The van der Waals surface area contributed by atoms with Crippen molar-refractivity contribution in [3.05, 3.63) is 40.6 Å². The molecule has 6 nitrogen and oxygen atoms in total. The molecule has 1 aliphatic rings. The minimum atomic E-state index is -0.124. The van der Waals surface area contributed by atoms with Crippen LogP contribution >= 0.6 is 11.3 Å². The van der Waals surface area contributed by atoms with Crippen LogP contribution in [0.1, 0.15) is 42.5 Å². The quantitative estimate of drug-likeness (QED) is 0.903. The molecule has 23 heavy (non-hydrogen) atoms. The molecular weight excluding hydrogens is 312 g/mol. The van der Waals surface area contributed by atoms with Gasteiger partial charge in [0.15, 0.2) is 0 Å². The van der Waals surface area contributed by atoms with E-state index in [1.165, 1.54) is 0 Å². The van der Waals surface area contributed by atoms with Gasteiger partial charge in [0.05, 0.1) is 24.3 Å². The normalized spacial score (nSPS) is 22.5. The highest BCUT2D eigenvalue weighted by Gasteiger charge is 2.27. The average Bonchev–Trinajstić information content (AvgIpc) is 3.18. The molecule has 3 unspecified atom stereocenters. The Morgan fingerprint density at radius 3 is 3.13 bits per heavy atom. The van der Waals surface area contributed by atoms with Gasteiger partial charge >= 0.3 is 6.03 Å². The van der Waals surface area contributed by atoms with Crippen LogP contribution in [0, 0.1) is 0 Å². The summed E-state index contributed by atoms with van der Waals surface area (Å²) in [5, 5.41) is 8.08. The molecule has 2 N–H and O–H groups in total. The number of carbonyl (C=O) groups excluding carboxylic acids is 1. The topological polar surface area (TPSA) is 68.2 Å². The first kappa shape index (κ1) is 16.0. The first-order chi connectivity index (χ1) is 11.1. The van der Waals surface area contributed by atoms with Crippen molar-refractivity contribution >= 4 is 17.4 Å². The molecule has 0 bridgehead atoms. The number of amides is 2. The number of thiophene rings is 1. The molecule has 7 heteroatoms. The number of nitrogens with zero attached hydrogens (tertiary/aromatic N) is 2. The minimum absolute atomic E-state index is 0.0164. The zero-order valence-electron chi connectivity index (χ0n) is 13.4. The molecule has 3 rings (SSSR count). The van der Waals surface area contributed by atoms with Crippen LogP contribution in [0.15, 0.2) is 30.0 Å². The van der Waals surface area contributed by atoms with Crippen LogP contribution in [0.2, 0.25) is 0 Å². The van der Waals surface area contributed by atoms with E-state index < -0.39 is 0 Å². The maximum atomic E-state index is 12.2. The molecule has 1 saturated heterocycles. The van der Waals surface area contributed by atoms with Gasteiger partial charge in [-0.1, -0.05) is 6.07 Å². The predicted molar refractivity (Wildman–Crippen MR) is 89.3 cm³/mol. The third kappa shape index (κ3) is 3.92. The molecule has 0 aliphatic carbocycles. The van der Waals surface area contributed by atoms with E-state index in [-0.39, 0.29) is 24.2 Å². The first-order valence-corrected chi connectivity index (χ1v) is 8.69. The van der Waals surface area contributed by atoms with E-state index in [1.807, 2.05) is 42.2 Å². The van der Waals surface area contributed by atoms with E-state index in [0.717, 1.165) is 23.4 Å². The lowest BCUT2D eigenvalue weighted by Crippen LogP contribution is -2.45. The minimum Gasteiger partial charge on any atom is -0.372 e. The second kappa shape index (κ2) is 7.14. The lowest BCUT2D eigenvalue weighted by molar-refractivity contribution is -0.00181. The molecule has 0 saturated carbocycles. The SMILES string of the molecule is CC(NC(=O)NC1CCOC(c2cncn2C)C1)c1cccs1. The summed E-state index contributed by atoms with van der Waals surface area (Å²) >= 11 is 1.65.